The molecule has 0 radical (unpaired) electrons. The highest BCUT2D eigenvalue weighted by Crippen LogP contribution is 2.41. The molecular weight excluding hydrogens is 452 g/mol. The van der Waals surface area contributed by atoms with Gasteiger partial charge in [-0.3, -0.25) is 9.36 Å². The van der Waals surface area contributed by atoms with Crippen LogP contribution in [0.5, 0.6) is 5.75 Å². The number of hydrogen-bond donors (Lipinski definition) is 1. The van der Waals surface area contributed by atoms with Crippen molar-refractivity contribution in [2.45, 2.75) is 18.9 Å². The zero-order valence-corrected chi connectivity index (χ0v) is 19.1. The van der Waals surface area contributed by atoms with Gasteiger partial charge in [0.05, 0.1) is 16.3 Å². The van der Waals surface area contributed by atoms with Crippen molar-refractivity contribution >= 4 is 34.7 Å². The molecule has 1 aliphatic carbocycles. The van der Waals surface area contributed by atoms with E-state index in [0.29, 0.717) is 14.4 Å². The van der Waals surface area contributed by atoms with Gasteiger partial charge in [-0.15, -0.1) is 0 Å². The molecule has 1 aromatic heterocycles. The van der Waals surface area contributed by atoms with Gasteiger partial charge in [0, 0.05) is 10.6 Å². The smallest absolute Gasteiger partial charge is 0.271 e. The van der Waals surface area contributed by atoms with E-state index in [1.54, 1.807) is 24.3 Å². The number of fused-ring (bicyclic) bond motifs is 3. The minimum atomic E-state index is -0.219. The van der Waals surface area contributed by atoms with Crippen LogP contribution in [0.3, 0.4) is 0 Å². The molecule has 6 rings (SSSR count). The molecule has 1 atom stereocenters. The van der Waals surface area contributed by atoms with E-state index in [1.165, 1.54) is 22.5 Å². The van der Waals surface area contributed by atoms with Crippen molar-refractivity contribution in [1.29, 1.82) is 0 Å². The molecule has 6 heteroatoms. The SMILES string of the molecule is O=c1/c(=C/c2ccc(O)cc2)sc2n1[C@H](c1ccc(Cl)cc1)C1=C(N=2)c2ccccc2CC1. The summed E-state index contributed by atoms with van der Waals surface area (Å²) in [7, 11) is 0. The Morgan fingerprint density at radius 3 is 2.55 bits per heavy atom. The van der Waals surface area contributed by atoms with Crippen LogP contribution in [0.2, 0.25) is 5.02 Å². The average Bonchev–Trinajstić information content (AvgIpc) is 3.14. The molecule has 0 amide bonds. The summed E-state index contributed by atoms with van der Waals surface area (Å²) in [4.78, 5) is 19.3. The fourth-order valence-electron chi connectivity index (χ4n) is 4.69. The second-order valence-electron chi connectivity index (χ2n) is 8.26. The monoisotopic (exact) mass is 470 g/mol. The van der Waals surface area contributed by atoms with Gasteiger partial charge in [-0.25, -0.2) is 4.99 Å². The number of nitrogens with zero attached hydrogens (tertiary/aromatic N) is 2. The lowest BCUT2D eigenvalue weighted by Gasteiger charge is -2.30. The third kappa shape index (κ3) is 3.45. The minimum absolute atomic E-state index is 0.0582. The van der Waals surface area contributed by atoms with Crippen molar-refractivity contribution in [3.8, 4) is 5.75 Å². The summed E-state index contributed by atoms with van der Waals surface area (Å²) in [6.07, 6.45) is 3.64. The molecule has 3 aromatic carbocycles. The summed E-state index contributed by atoms with van der Waals surface area (Å²) in [6, 6.07) is 22.8. The molecule has 0 bridgehead atoms. The quantitative estimate of drug-likeness (QED) is 0.462. The molecule has 4 aromatic rings. The lowest BCUT2D eigenvalue weighted by Crippen LogP contribution is -2.38. The Morgan fingerprint density at radius 1 is 1.00 bits per heavy atom. The fourth-order valence-corrected chi connectivity index (χ4v) is 5.82. The molecule has 162 valence electrons. The van der Waals surface area contributed by atoms with Gasteiger partial charge in [-0.2, -0.15) is 0 Å². The number of allylic oxidation sites excluding steroid dienone is 1. The normalized spacial score (nSPS) is 17.2. The zero-order valence-electron chi connectivity index (χ0n) is 17.5. The molecule has 1 N–H and O–H groups in total. The molecule has 0 fully saturated rings. The Balaban J connectivity index is 1.62. The van der Waals surface area contributed by atoms with Gasteiger partial charge in [0.1, 0.15) is 5.75 Å². The highest BCUT2D eigenvalue weighted by Gasteiger charge is 2.32. The Morgan fingerprint density at radius 2 is 1.76 bits per heavy atom. The number of aromatic hydroxyl groups is 1. The van der Waals surface area contributed by atoms with Crippen LogP contribution in [0.15, 0.2) is 88.2 Å². The molecule has 1 aliphatic heterocycles. The van der Waals surface area contributed by atoms with Gasteiger partial charge in [-0.1, -0.05) is 71.5 Å². The highest BCUT2D eigenvalue weighted by atomic mass is 35.5. The molecule has 2 aliphatic rings. The predicted octanol–water partition coefficient (Wildman–Crippen LogP) is 4.68. The number of thiazole rings is 1. The molecular formula is C27H19ClN2O2S. The number of halogens is 1. The van der Waals surface area contributed by atoms with Crippen LogP contribution >= 0.6 is 22.9 Å². The number of phenolic OH excluding ortho intramolecular Hbond substituents is 1. The molecule has 0 saturated heterocycles. The summed E-state index contributed by atoms with van der Waals surface area (Å²) in [5.41, 5.74) is 6.41. The molecule has 4 nitrogen and oxygen atoms in total. The Hall–Kier alpha value is -3.41. The van der Waals surface area contributed by atoms with E-state index < -0.39 is 0 Å². The van der Waals surface area contributed by atoms with Crippen LogP contribution in [0.4, 0.5) is 0 Å². The number of aromatic nitrogens is 1. The van der Waals surface area contributed by atoms with Crippen LogP contribution in [-0.4, -0.2) is 9.67 Å². The van der Waals surface area contributed by atoms with Gasteiger partial charge in [-0.05, 0) is 65.4 Å². The van der Waals surface area contributed by atoms with E-state index in [1.807, 2.05) is 41.0 Å². The Kier molecular flexibility index (Phi) is 4.82. The van der Waals surface area contributed by atoms with E-state index >= 15 is 0 Å². The van der Waals surface area contributed by atoms with Gasteiger partial charge in [0.15, 0.2) is 4.80 Å². The summed E-state index contributed by atoms with van der Waals surface area (Å²) in [5.74, 6) is 0.197. The van der Waals surface area contributed by atoms with Crippen LogP contribution in [0.25, 0.3) is 11.8 Å². The third-order valence-electron chi connectivity index (χ3n) is 6.25. The van der Waals surface area contributed by atoms with Crippen molar-refractivity contribution in [1.82, 2.24) is 4.57 Å². The Bertz CT molecular complexity index is 1600. The van der Waals surface area contributed by atoms with Crippen LogP contribution in [0.1, 0.15) is 34.7 Å². The number of phenols is 1. The maximum absolute atomic E-state index is 13.6. The number of hydrogen-bond acceptors (Lipinski definition) is 4. The fraction of sp³-hybridized carbons (Fsp3) is 0.111. The van der Waals surface area contributed by atoms with Crippen molar-refractivity contribution in [3.05, 3.63) is 125 Å². The van der Waals surface area contributed by atoms with Gasteiger partial charge in [0.2, 0.25) is 0 Å². The Labute approximate surface area is 199 Å². The first-order valence-electron chi connectivity index (χ1n) is 10.8. The molecule has 0 saturated carbocycles. The van der Waals surface area contributed by atoms with E-state index in [2.05, 4.69) is 18.2 Å². The number of rotatable bonds is 2. The minimum Gasteiger partial charge on any atom is -0.508 e. The standard InChI is InChI=1S/C27H19ClN2O2S/c28-19-10-7-18(8-11-19)25-22-14-9-17-3-1-2-4-21(17)24(22)29-27-30(25)26(32)23(33-27)15-16-5-12-20(31)13-6-16/h1-8,10-13,15,25,31H,9,14H2/b23-15-/t25-/m1/s1. The number of benzene rings is 3. The topological polar surface area (TPSA) is 54.6 Å². The molecule has 0 unspecified atom stereocenters. The van der Waals surface area contributed by atoms with E-state index in [-0.39, 0.29) is 17.4 Å². The van der Waals surface area contributed by atoms with E-state index in [0.717, 1.165) is 35.2 Å². The van der Waals surface area contributed by atoms with Crippen molar-refractivity contribution in [2.75, 3.05) is 0 Å². The van der Waals surface area contributed by atoms with Crippen LogP contribution < -0.4 is 14.9 Å². The molecule has 0 spiro atoms. The lowest BCUT2D eigenvalue weighted by atomic mass is 9.83. The summed E-state index contributed by atoms with van der Waals surface area (Å²) < 4.78 is 2.44. The van der Waals surface area contributed by atoms with Gasteiger partial charge in [0.25, 0.3) is 5.56 Å². The molecule has 33 heavy (non-hydrogen) atoms. The summed E-state index contributed by atoms with van der Waals surface area (Å²) in [5, 5.41) is 10.3. The predicted molar refractivity (Wildman–Crippen MR) is 132 cm³/mol. The average molecular weight is 471 g/mol. The van der Waals surface area contributed by atoms with Gasteiger partial charge < -0.3 is 5.11 Å². The lowest BCUT2D eigenvalue weighted by molar-refractivity contribution is 0.475. The first-order valence-corrected chi connectivity index (χ1v) is 12.0. The van der Waals surface area contributed by atoms with Crippen molar-refractivity contribution < 1.29 is 5.11 Å². The van der Waals surface area contributed by atoms with Crippen LogP contribution in [-0.2, 0) is 6.42 Å². The van der Waals surface area contributed by atoms with Crippen molar-refractivity contribution in [3.63, 3.8) is 0 Å². The van der Waals surface area contributed by atoms with Crippen molar-refractivity contribution in [2.24, 2.45) is 4.99 Å². The first-order chi connectivity index (χ1) is 16.1. The largest absolute Gasteiger partial charge is 0.508 e. The first kappa shape index (κ1) is 20.2. The van der Waals surface area contributed by atoms with Crippen LogP contribution in [0, 0.1) is 0 Å². The molecule has 2 heterocycles. The zero-order chi connectivity index (χ0) is 22.5. The maximum Gasteiger partial charge on any atom is 0.271 e. The van der Waals surface area contributed by atoms with Gasteiger partial charge >= 0.3 is 0 Å². The summed E-state index contributed by atoms with van der Waals surface area (Å²) >= 11 is 7.57. The van der Waals surface area contributed by atoms with E-state index in [9.17, 15) is 9.90 Å². The number of aryl methyl sites for hydroxylation is 1. The summed E-state index contributed by atoms with van der Waals surface area (Å²) in [6.45, 7) is 0. The van der Waals surface area contributed by atoms with E-state index in [4.69, 9.17) is 16.6 Å². The second kappa shape index (κ2) is 7.87. The maximum atomic E-state index is 13.6. The second-order valence-corrected chi connectivity index (χ2v) is 9.70. The highest BCUT2D eigenvalue weighted by molar-refractivity contribution is 7.07. The third-order valence-corrected chi connectivity index (χ3v) is 7.48.